The molecule has 0 fully saturated rings. The molecule has 0 radical (unpaired) electrons. The lowest BCUT2D eigenvalue weighted by atomic mass is 9.93. The molecule has 3 aromatic rings. The summed E-state index contributed by atoms with van der Waals surface area (Å²) in [5.41, 5.74) is 3.17. The van der Waals surface area contributed by atoms with E-state index in [0.29, 0.717) is 13.0 Å². The van der Waals surface area contributed by atoms with Crippen molar-refractivity contribution >= 4 is 5.91 Å². The molecule has 2 aromatic carbocycles. The molecule has 25 heavy (non-hydrogen) atoms. The van der Waals surface area contributed by atoms with Gasteiger partial charge in [-0.15, -0.1) is 0 Å². The highest BCUT2D eigenvalue weighted by molar-refractivity contribution is 5.83. The van der Waals surface area contributed by atoms with Crippen LogP contribution in [-0.4, -0.2) is 17.4 Å². The molecule has 0 saturated heterocycles. The molecule has 0 aliphatic heterocycles. The van der Waals surface area contributed by atoms with Crippen molar-refractivity contribution in [2.24, 2.45) is 0 Å². The van der Waals surface area contributed by atoms with Gasteiger partial charge in [0.05, 0.1) is 5.92 Å². The van der Waals surface area contributed by atoms with Crippen LogP contribution in [0.15, 0.2) is 85.1 Å². The lowest BCUT2D eigenvalue weighted by molar-refractivity contribution is -0.122. The molecule has 1 unspecified atom stereocenters. The zero-order valence-electron chi connectivity index (χ0n) is 14.1. The molecule has 1 aromatic heterocycles. The van der Waals surface area contributed by atoms with Crippen molar-refractivity contribution in [2.75, 3.05) is 6.54 Å². The number of carbonyl (C=O) groups excluding carboxylic acids is 1. The molecule has 0 aliphatic carbocycles. The second kappa shape index (κ2) is 8.78. The first kappa shape index (κ1) is 16.9. The van der Waals surface area contributed by atoms with Gasteiger partial charge in [-0.25, -0.2) is 0 Å². The molecule has 1 atom stereocenters. The summed E-state index contributed by atoms with van der Waals surface area (Å²) >= 11 is 0. The van der Waals surface area contributed by atoms with E-state index in [1.807, 2.05) is 66.7 Å². The van der Waals surface area contributed by atoms with Gasteiger partial charge in [0.15, 0.2) is 0 Å². The third-order valence-corrected chi connectivity index (χ3v) is 4.21. The summed E-state index contributed by atoms with van der Waals surface area (Å²) in [6.07, 6.45) is 3.20. The van der Waals surface area contributed by atoms with E-state index in [1.54, 1.807) is 6.20 Å². The monoisotopic (exact) mass is 330 g/mol. The third-order valence-electron chi connectivity index (χ3n) is 4.21. The van der Waals surface area contributed by atoms with Gasteiger partial charge in [0, 0.05) is 24.9 Å². The van der Waals surface area contributed by atoms with Gasteiger partial charge in [-0.3, -0.25) is 9.78 Å². The molecule has 0 saturated carbocycles. The Bertz CT molecular complexity index is 773. The largest absolute Gasteiger partial charge is 0.355 e. The molecule has 126 valence electrons. The molecule has 1 N–H and O–H groups in total. The van der Waals surface area contributed by atoms with Crippen LogP contribution in [-0.2, 0) is 17.6 Å². The second-order valence-corrected chi connectivity index (χ2v) is 6.02. The first-order valence-electron chi connectivity index (χ1n) is 8.59. The SMILES string of the molecule is O=C(NCCc1ccccc1)C(Cc1ccccn1)c1ccccc1. The number of hydrogen-bond donors (Lipinski definition) is 1. The minimum Gasteiger partial charge on any atom is -0.355 e. The van der Waals surface area contributed by atoms with E-state index in [2.05, 4.69) is 22.4 Å². The van der Waals surface area contributed by atoms with Crippen molar-refractivity contribution < 1.29 is 4.79 Å². The van der Waals surface area contributed by atoms with Gasteiger partial charge in [-0.05, 0) is 29.7 Å². The van der Waals surface area contributed by atoms with Crippen LogP contribution >= 0.6 is 0 Å². The highest BCUT2D eigenvalue weighted by Gasteiger charge is 2.21. The lowest BCUT2D eigenvalue weighted by Gasteiger charge is -2.17. The zero-order valence-corrected chi connectivity index (χ0v) is 14.1. The van der Waals surface area contributed by atoms with Crippen molar-refractivity contribution in [1.82, 2.24) is 10.3 Å². The summed E-state index contributed by atoms with van der Waals surface area (Å²) in [7, 11) is 0. The molecule has 1 amide bonds. The van der Waals surface area contributed by atoms with Crippen LogP contribution in [0.1, 0.15) is 22.7 Å². The number of amides is 1. The van der Waals surface area contributed by atoms with Crippen molar-refractivity contribution in [3.63, 3.8) is 0 Å². The van der Waals surface area contributed by atoms with Gasteiger partial charge in [-0.2, -0.15) is 0 Å². The second-order valence-electron chi connectivity index (χ2n) is 6.02. The van der Waals surface area contributed by atoms with E-state index in [-0.39, 0.29) is 11.8 Å². The molecule has 0 spiro atoms. The van der Waals surface area contributed by atoms with E-state index >= 15 is 0 Å². The Kier molecular flexibility index (Phi) is 5.94. The first-order chi connectivity index (χ1) is 12.3. The third kappa shape index (κ3) is 5.01. The predicted molar refractivity (Wildman–Crippen MR) is 100 cm³/mol. The van der Waals surface area contributed by atoms with Crippen molar-refractivity contribution in [3.05, 3.63) is 102 Å². The number of nitrogens with one attached hydrogen (secondary N) is 1. The Hall–Kier alpha value is -2.94. The zero-order chi connectivity index (χ0) is 17.3. The number of hydrogen-bond acceptors (Lipinski definition) is 2. The minimum absolute atomic E-state index is 0.0489. The van der Waals surface area contributed by atoms with Gasteiger partial charge in [-0.1, -0.05) is 66.7 Å². The van der Waals surface area contributed by atoms with Crippen molar-refractivity contribution in [2.45, 2.75) is 18.8 Å². The number of carbonyl (C=O) groups is 1. The van der Waals surface area contributed by atoms with Gasteiger partial charge in [0.25, 0.3) is 0 Å². The van der Waals surface area contributed by atoms with Crippen molar-refractivity contribution in [1.29, 1.82) is 0 Å². The van der Waals surface area contributed by atoms with Gasteiger partial charge in [0.1, 0.15) is 0 Å². The summed E-state index contributed by atoms with van der Waals surface area (Å²) in [4.78, 5) is 17.2. The average molecular weight is 330 g/mol. The fourth-order valence-corrected chi connectivity index (χ4v) is 2.87. The van der Waals surface area contributed by atoms with Crippen molar-refractivity contribution in [3.8, 4) is 0 Å². The molecule has 1 heterocycles. The average Bonchev–Trinajstić information content (AvgIpc) is 2.68. The maximum atomic E-state index is 12.8. The summed E-state index contributed by atoms with van der Waals surface area (Å²) in [5.74, 6) is -0.181. The minimum atomic E-state index is -0.230. The predicted octanol–water partition coefficient (Wildman–Crippen LogP) is 3.77. The number of rotatable bonds is 7. The van der Waals surface area contributed by atoms with Crippen LogP contribution in [0.4, 0.5) is 0 Å². The normalized spacial score (nSPS) is 11.7. The van der Waals surface area contributed by atoms with E-state index in [9.17, 15) is 4.79 Å². The number of aromatic nitrogens is 1. The molecular formula is C22H22N2O. The first-order valence-corrected chi connectivity index (χ1v) is 8.59. The Morgan fingerprint density at radius 2 is 1.56 bits per heavy atom. The van der Waals surface area contributed by atoms with E-state index in [0.717, 1.165) is 17.7 Å². The van der Waals surface area contributed by atoms with Crippen LogP contribution in [0, 0.1) is 0 Å². The van der Waals surface area contributed by atoms with E-state index < -0.39 is 0 Å². The molecular weight excluding hydrogens is 308 g/mol. The van der Waals surface area contributed by atoms with Gasteiger partial charge in [0.2, 0.25) is 5.91 Å². The Morgan fingerprint density at radius 3 is 2.24 bits per heavy atom. The highest BCUT2D eigenvalue weighted by Crippen LogP contribution is 2.20. The fraction of sp³-hybridized carbons (Fsp3) is 0.182. The number of nitrogens with zero attached hydrogens (tertiary/aromatic N) is 1. The topological polar surface area (TPSA) is 42.0 Å². The lowest BCUT2D eigenvalue weighted by Crippen LogP contribution is -2.32. The summed E-state index contributed by atoms with van der Waals surface area (Å²) in [5, 5.41) is 3.08. The standard InChI is InChI=1S/C22H22N2O/c25-22(24-16-14-18-9-3-1-4-10-18)21(19-11-5-2-6-12-19)17-20-13-7-8-15-23-20/h1-13,15,21H,14,16-17H2,(H,24,25). The molecule has 0 aliphatic rings. The number of benzene rings is 2. The van der Waals surface area contributed by atoms with Crippen LogP contribution in [0.2, 0.25) is 0 Å². The Labute approximate surface area is 148 Å². The summed E-state index contributed by atoms with van der Waals surface area (Å²) in [6, 6.07) is 25.9. The number of pyridine rings is 1. The van der Waals surface area contributed by atoms with E-state index in [4.69, 9.17) is 0 Å². The van der Waals surface area contributed by atoms with Crippen LogP contribution in [0.5, 0.6) is 0 Å². The van der Waals surface area contributed by atoms with Crippen LogP contribution in [0.25, 0.3) is 0 Å². The fourth-order valence-electron chi connectivity index (χ4n) is 2.87. The molecule has 3 rings (SSSR count). The molecule has 3 nitrogen and oxygen atoms in total. The van der Waals surface area contributed by atoms with Crippen LogP contribution < -0.4 is 5.32 Å². The highest BCUT2D eigenvalue weighted by atomic mass is 16.1. The Balaban J connectivity index is 1.67. The summed E-state index contributed by atoms with van der Waals surface area (Å²) < 4.78 is 0. The van der Waals surface area contributed by atoms with Gasteiger partial charge < -0.3 is 5.32 Å². The smallest absolute Gasteiger partial charge is 0.227 e. The Morgan fingerprint density at radius 1 is 0.880 bits per heavy atom. The van der Waals surface area contributed by atoms with Gasteiger partial charge >= 0.3 is 0 Å². The van der Waals surface area contributed by atoms with Crippen LogP contribution in [0.3, 0.4) is 0 Å². The quantitative estimate of drug-likeness (QED) is 0.716. The molecule has 3 heteroatoms. The maximum absolute atomic E-state index is 12.8. The summed E-state index contributed by atoms with van der Waals surface area (Å²) in [6.45, 7) is 0.633. The maximum Gasteiger partial charge on any atom is 0.227 e. The van der Waals surface area contributed by atoms with E-state index in [1.165, 1.54) is 5.56 Å². The molecule has 0 bridgehead atoms.